The summed E-state index contributed by atoms with van der Waals surface area (Å²) in [7, 11) is 0. The van der Waals surface area contributed by atoms with Crippen molar-refractivity contribution < 1.29 is 18.4 Å². The summed E-state index contributed by atoms with van der Waals surface area (Å²) in [5.41, 5.74) is 4.30. The number of rotatable bonds is 7. The van der Waals surface area contributed by atoms with E-state index in [-0.39, 0.29) is 11.5 Å². The van der Waals surface area contributed by atoms with Gasteiger partial charge in [0.2, 0.25) is 0 Å². The zero-order chi connectivity index (χ0) is 23.3. The molecule has 3 rings (SSSR count). The van der Waals surface area contributed by atoms with Crippen LogP contribution in [0.2, 0.25) is 0 Å². The van der Waals surface area contributed by atoms with Crippen LogP contribution in [0.25, 0.3) is 11.3 Å². The molecule has 166 valence electrons. The summed E-state index contributed by atoms with van der Waals surface area (Å²) in [5, 5.41) is 6.50. The van der Waals surface area contributed by atoms with Gasteiger partial charge in [0.25, 0.3) is 11.8 Å². The molecular weight excluding hydrogens is 477 g/mol. The van der Waals surface area contributed by atoms with Crippen LogP contribution in [0.3, 0.4) is 0 Å². The molecule has 1 aromatic heterocycles. The number of carbonyl (C=O) groups excluding carboxylic acids is 2. The fraction of sp³-hybridized carbons (Fsp3) is 0.208. The second-order valence-corrected chi connectivity index (χ2v) is 8.45. The first kappa shape index (κ1) is 23.4. The fourth-order valence-corrected chi connectivity index (χ4v) is 3.70. The highest BCUT2D eigenvalue weighted by Gasteiger charge is 2.25. The van der Waals surface area contributed by atoms with Gasteiger partial charge in [0.15, 0.2) is 0 Å². The summed E-state index contributed by atoms with van der Waals surface area (Å²) in [6.07, 6.45) is 1.37. The number of amides is 2. The van der Waals surface area contributed by atoms with E-state index >= 15 is 0 Å². The molecule has 0 aliphatic rings. The monoisotopic (exact) mass is 499 g/mol. The number of nitrogens with zero attached hydrogens (tertiary/aromatic N) is 1. The van der Waals surface area contributed by atoms with Crippen LogP contribution in [-0.2, 0) is 4.79 Å². The Bertz CT molecular complexity index is 1160. The molecule has 0 aliphatic heterocycles. The Morgan fingerprint density at radius 3 is 2.56 bits per heavy atom. The molecule has 0 spiro atoms. The third-order valence-electron chi connectivity index (χ3n) is 4.74. The van der Waals surface area contributed by atoms with E-state index in [0.29, 0.717) is 11.5 Å². The van der Waals surface area contributed by atoms with Crippen LogP contribution >= 0.6 is 15.9 Å². The lowest BCUT2D eigenvalue weighted by atomic mass is 10.0. The third kappa shape index (κ3) is 5.70. The molecule has 2 aromatic carbocycles. The Balaban J connectivity index is 1.65. The van der Waals surface area contributed by atoms with Gasteiger partial charge in [0.05, 0.1) is 11.8 Å². The molecule has 0 saturated heterocycles. The maximum Gasteiger partial charge on any atom is 0.262 e. The molecule has 1 atom stereocenters. The standard InChI is InChI=1S/C24H23BrFN3O3/c1-14(2)22(28-23(30)18-6-4-5-7-20(18)26)24(31)29-27-13-16-9-11-21(32-16)17-10-8-15(3)12-19(17)25/h4-14,22H,1-3H3,(H,28,30)(H,29,31)/b27-13-/t22-/m1/s1. The number of halogens is 2. The first-order chi connectivity index (χ1) is 15.3. The topological polar surface area (TPSA) is 83.7 Å². The van der Waals surface area contributed by atoms with Crippen LogP contribution < -0.4 is 10.7 Å². The third-order valence-corrected chi connectivity index (χ3v) is 5.39. The Labute approximate surface area is 194 Å². The maximum atomic E-state index is 13.9. The minimum atomic E-state index is -0.894. The van der Waals surface area contributed by atoms with Crippen LogP contribution in [0, 0.1) is 18.7 Å². The predicted molar refractivity (Wildman–Crippen MR) is 125 cm³/mol. The Morgan fingerprint density at radius 1 is 1.12 bits per heavy atom. The number of nitrogens with one attached hydrogen (secondary N) is 2. The molecule has 6 nitrogen and oxygen atoms in total. The van der Waals surface area contributed by atoms with E-state index in [2.05, 4.69) is 31.8 Å². The Morgan fingerprint density at radius 2 is 1.88 bits per heavy atom. The molecule has 0 aliphatic carbocycles. The first-order valence-electron chi connectivity index (χ1n) is 10.0. The minimum absolute atomic E-state index is 0.125. The van der Waals surface area contributed by atoms with Crippen LogP contribution in [-0.4, -0.2) is 24.1 Å². The smallest absolute Gasteiger partial charge is 0.262 e. The van der Waals surface area contributed by atoms with E-state index < -0.39 is 23.7 Å². The fourth-order valence-electron chi connectivity index (χ4n) is 3.02. The van der Waals surface area contributed by atoms with Crippen LogP contribution in [0.15, 0.2) is 68.6 Å². The zero-order valence-electron chi connectivity index (χ0n) is 17.9. The summed E-state index contributed by atoms with van der Waals surface area (Å²) in [6, 6.07) is 14.2. The highest BCUT2D eigenvalue weighted by molar-refractivity contribution is 9.10. The lowest BCUT2D eigenvalue weighted by Crippen LogP contribution is -2.48. The molecule has 2 N–H and O–H groups in total. The van der Waals surface area contributed by atoms with E-state index in [9.17, 15) is 14.0 Å². The van der Waals surface area contributed by atoms with Crippen molar-refractivity contribution in [3.8, 4) is 11.3 Å². The summed E-state index contributed by atoms with van der Waals surface area (Å²) in [6.45, 7) is 5.54. The predicted octanol–water partition coefficient (Wildman–Crippen LogP) is 5.06. The largest absolute Gasteiger partial charge is 0.455 e. The van der Waals surface area contributed by atoms with Gasteiger partial charge >= 0.3 is 0 Å². The molecule has 0 bridgehead atoms. The number of benzene rings is 2. The van der Waals surface area contributed by atoms with Gasteiger partial charge in [0.1, 0.15) is 23.4 Å². The van der Waals surface area contributed by atoms with Crippen molar-refractivity contribution in [2.24, 2.45) is 11.0 Å². The lowest BCUT2D eigenvalue weighted by molar-refractivity contribution is -0.123. The minimum Gasteiger partial charge on any atom is -0.455 e. The number of aryl methyl sites for hydroxylation is 1. The lowest BCUT2D eigenvalue weighted by Gasteiger charge is -2.20. The van der Waals surface area contributed by atoms with Crippen molar-refractivity contribution in [3.63, 3.8) is 0 Å². The number of hydrazone groups is 1. The molecule has 0 saturated carbocycles. The highest BCUT2D eigenvalue weighted by atomic mass is 79.9. The van der Waals surface area contributed by atoms with Crippen LogP contribution in [0.5, 0.6) is 0 Å². The van der Waals surface area contributed by atoms with Crippen molar-refractivity contribution in [3.05, 3.63) is 81.8 Å². The van der Waals surface area contributed by atoms with E-state index in [0.717, 1.165) is 15.6 Å². The van der Waals surface area contributed by atoms with Gasteiger partial charge in [-0.15, -0.1) is 0 Å². The van der Waals surface area contributed by atoms with Crippen molar-refractivity contribution in [2.75, 3.05) is 0 Å². The first-order valence-corrected chi connectivity index (χ1v) is 10.8. The van der Waals surface area contributed by atoms with Gasteiger partial charge in [-0.2, -0.15) is 5.10 Å². The molecule has 2 amide bonds. The molecule has 0 unspecified atom stereocenters. The number of carbonyl (C=O) groups is 2. The molecule has 0 fully saturated rings. The number of hydrogen-bond acceptors (Lipinski definition) is 4. The molecular formula is C24H23BrFN3O3. The Hall–Kier alpha value is -3.26. The average molecular weight is 500 g/mol. The normalized spacial score (nSPS) is 12.2. The SMILES string of the molecule is Cc1ccc(-c2ccc(/C=N\NC(=O)[C@H](NC(=O)c3ccccc3F)C(C)C)o2)c(Br)c1. The van der Waals surface area contributed by atoms with Gasteiger partial charge in [-0.05, 0) is 54.8 Å². The summed E-state index contributed by atoms with van der Waals surface area (Å²) < 4.78 is 20.5. The molecule has 1 heterocycles. The summed E-state index contributed by atoms with van der Waals surface area (Å²) in [4.78, 5) is 24.9. The van der Waals surface area contributed by atoms with Gasteiger partial charge in [-0.3, -0.25) is 9.59 Å². The van der Waals surface area contributed by atoms with Crippen molar-refractivity contribution in [1.29, 1.82) is 0 Å². The van der Waals surface area contributed by atoms with Crippen molar-refractivity contribution >= 4 is 34.0 Å². The van der Waals surface area contributed by atoms with Crippen LogP contribution in [0.4, 0.5) is 4.39 Å². The van der Waals surface area contributed by atoms with Crippen LogP contribution in [0.1, 0.15) is 35.5 Å². The van der Waals surface area contributed by atoms with Crippen molar-refractivity contribution in [1.82, 2.24) is 10.7 Å². The van der Waals surface area contributed by atoms with Gasteiger partial charge in [-0.1, -0.05) is 48.0 Å². The highest BCUT2D eigenvalue weighted by Crippen LogP contribution is 2.30. The second-order valence-electron chi connectivity index (χ2n) is 7.59. The Kier molecular flexibility index (Phi) is 7.58. The van der Waals surface area contributed by atoms with E-state index in [4.69, 9.17) is 4.42 Å². The van der Waals surface area contributed by atoms with Gasteiger partial charge < -0.3 is 9.73 Å². The van der Waals surface area contributed by atoms with Crippen molar-refractivity contribution in [2.45, 2.75) is 26.8 Å². The van der Waals surface area contributed by atoms with E-state index in [1.54, 1.807) is 26.0 Å². The van der Waals surface area contributed by atoms with E-state index in [1.807, 2.05) is 31.2 Å². The molecule has 0 radical (unpaired) electrons. The van der Waals surface area contributed by atoms with E-state index in [1.165, 1.54) is 24.4 Å². The second kappa shape index (κ2) is 10.4. The maximum absolute atomic E-state index is 13.9. The zero-order valence-corrected chi connectivity index (χ0v) is 19.4. The van der Waals surface area contributed by atoms with Gasteiger partial charge in [0, 0.05) is 10.0 Å². The molecule has 3 aromatic rings. The quantitative estimate of drug-likeness (QED) is 0.352. The number of furan rings is 1. The molecule has 8 heteroatoms. The van der Waals surface area contributed by atoms with Gasteiger partial charge in [-0.25, -0.2) is 9.82 Å². The number of hydrogen-bond donors (Lipinski definition) is 2. The summed E-state index contributed by atoms with van der Waals surface area (Å²) in [5.74, 6) is -0.977. The average Bonchev–Trinajstić information content (AvgIpc) is 3.20. The summed E-state index contributed by atoms with van der Waals surface area (Å²) >= 11 is 3.53. The molecule has 32 heavy (non-hydrogen) atoms.